The molecule has 1 aromatic heterocycles. The Balaban J connectivity index is 1.58. The van der Waals surface area contributed by atoms with Gasteiger partial charge in [-0.25, -0.2) is 0 Å². The highest BCUT2D eigenvalue weighted by molar-refractivity contribution is 8.77. The highest BCUT2D eigenvalue weighted by Crippen LogP contribution is 2.34. The van der Waals surface area contributed by atoms with Crippen molar-refractivity contribution < 1.29 is 106 Å². The van der Waals surface area contributed by atoms with Gasteiger partial charge in [0.05, 0.1) is 25.7 Å². The molecule has 0 unspecified atom stereocenters. The number of hydrogen-bond donors (Lipinski definition) is 24. The molecule has 0 spiro atoms. The average Bonchev–Trinajstić information content (AvgIpc) is 1.67. The number of carbonyl (C=O) groups excluding carboxylic acids is 19. The van der Waals surface area contributed by atoms with Crippen molar-refractivity contribution in [1.29, 1.82) is 0 Å². The van der Waals surface area contributed by atoms with Gasteiger partial charge in [0, 0.05) is 81.0 Å². The zero-order valence-electron chi connectivity index (χ0n) is 81.1. The van der Waals surface area contributed by atoms with Crippen molar-refractivity contribution >= 4 is 215 Å². The van der Waals surface area contributed by atoms with Gasteiger partial charge >= 0.3 is 5.97 Å². The first-order valence-electron chi connectivity index (χ1n) is 46.9. The molecular weight excluding hydrogens is 1970 g/mol. The first-order valence-corrected chi connectivity index (χ1v) is 56.5. The predicted octanol–water partition coefficient (Wildman–Crippen LogP) is -1.87. The SMILES string of the molecule is CC[C@H](C)[C@@H]1NC(=O)[C@@H]2NC(=O)[C@H](CC(C)C)NC(=O)[C@H](NC(=O)[C@@H]3CSSC[C@H](N)C(=O)N[C@@H](CO)C(=O)NCC(=O)N[C@@H](Cc4c[nH]c5ccccc45)C(=O)N[C@@H](C(C)C)C(=O)N3)[C@H](C)SSC[C@H](NC(=O)[C@H](CCC(=O)O)NC1=O)C(=O)NCC(=O)N[C@@H]1C(=O)N[C@@H](CC(C)C)C(=O)N[C@@H](C(C)C)C(=O)N[C@@H](CSS[C@H]2C)C(=O)N[C@@H](C)C(=O)N[C@H](C(=O)NCCCCCCCN)CSS[C@H]1C. The fourth-order valence-electron chi connectivity index (χ4n) is 14.7. The van der Waals surface area contributed by atoms with Crippen LogP contribution in [0.1, 0.15) is 167 Å². The Morgan fingerprint density at radius 1 is 0.450 bits per heavy atom. The van der Waals surface area contributed by atoms with E-state index in [1.807, 2.05) is 0 Å². The number of benzene rings is 1. The topological polar surface area (TPSA) is 678 Å². The number of aliphatic hydroxyl groups is 1. The van der Waals surface area contributed by atoms with Crippen LogP contribution in [0, 0.1) is 29.6 Å². The van der Waals surface area contributed by atoms with Gasteiger partial charge < -0.3 is 128 Å². The normalized spacial score (nSPS) is 28.6. The summed E-state index contributed by atoms with van der Waals surface area (Å²) in [5, 5.41) is 68.1. The van der Waals surface area contributed by atoms with Crippen LogP contribution in [-0.4, -0.2) is 313 Å². The van der Waals surface area contributed by atoms with Crippen molar-refractivity contribution in [2.75, 3.05) is 61.6 Å². The molecule has 5 heterocycles. The minimum absolute atomic E-state index is 0.0557. The number of fused-ring (bicyclic) bond motifs is 19. The third-order valence-corrected chi connectivity index (χ3v) is 34.2. The second kappa shape index (κ2) is 60.4. The number of amides is 19. The third kappa shape index (κ3) is 39.2. The first kappa shape index (κ1) is 120. The van der Waals surface area contributed by atoms with Crippen LogP contribution in [0.2, 0.25) is 0 Å². The van der Waals surface area contributed by atoms with E-state index in [1.165, 1.54) is 27.7 Å². The van der Waals surface area contributed by atoms with Gasteiger partial charge in [0.2, 0.25) is 112 Å². The van der Waals surface area contributed by atoms with Gasteiger partial charge in [0.1, 0.15) is 96.7 Å². The number of carbonyl (C=O) groups is 20. The van der Waals surface area contributed by atoms with Crippen molar-refractivity contribution in [2.45, 2.75) is 286 Å². The van der Waals surface area contributed by atoms with Crippen LogP contribution in [0.25, 0.3) is 10.9 Å². The van der Waals surface area contributed by atoms with Gasteiger partial charge in [-0.05, 0) is 108 Å². The molecule has 6 rings (SSSR count). The Morgan fingerprint density at radius 2 is 0.929 bits per heavy atom. The second-order valence-electron chi connectivity index (χ2n) is 36.3. The van der Waals surface area contributed by atoms with Gasteiger partial charge in [-0.1, -0.05) is 199 Å². The van der Waals surface area contributed by atoms with Crippen LogP contribution in [0.3, 0.4) is 0 Å². The van der Waals surface area contributed by atoms with Crippen LogP contribution in [-0.2, 0) is 102 Å². The maximum atomic E-state index is 15.9. The van der Waals surface area contributed by atoms with E-state index in [9.17, 15) is 53.4 Å². The summed E-state index contributed by atoms with van der Waals surface area (Å²) in [6.07, 6.45) is 3.67. The number of aliphatic carboxylic acids is 1. The lowest BCUT2D eigenvalue weighted by Crippen LogP contribution is -2.63. The molecule has 19 amide bonds. The number of aromatic amines is 1. The predicted molar refractivity (Wildman–Crippen MR) is 543 cm³/mol. The summed E-state index contributed by atoms with van der Waals surface area (Å²) >= 11 is 0. The molecular formula is C88H140N22O22S8. The van der Waals surface area contributed by atoms with Gasteiger partial charge in [-0.15, -0.1) is 0 Å². The monoisotopic (exact) mass is 2110 g/mol. The first-order chi connectivity index (χ1) is 66.2. The summed E-state index contributed by atoms with van der Waals surface area (Å²) in [6.45, 7) is 20.3. The molecule has 4 aliphatic rings. The minimum atomic E-state index is -1.84. The summed E-state index contributed by atoms with van der Waals surface area (Å²) in [5.41, 5.74) is 13.3. The Bertz CT molecular complexity index is 4620. The molecule has 140 heavy (non-hydrogen) atoms. The van der Waals surface area contributed by atoms with Crippen molar-refractivity contribution in [3.63, 3.8) is 0 Å². The number of hydrogen-bond acceptors (Lipinski definition) is 31. The van der Waals surface area contributed by atoms with Crippen LogP contribution >= 0.6 is 86.4 Å². The van der Waals surface area contributed by atoms with Crippen LogP contribution in [0.5, 0.6) is 0 Å². The largest absolute Gasteiger partial charge is 0.481 e. The number of H-pyrrole nitrogens is 1. The number of para-hydroxylation sites is 1. The second-order valence-corrected chi connectivity index (χ2v) is 47.3. The summed E-state index contributed by atoms with van der Waals surface area (Å²) in [5.74, 6) is -25.2. The zero-order valence-corrected chi connectivity index (χ0v) is 87.7. The molecule has 1 aromatic carbocycles. The molecule has 0 aliphatic carbocycles. The zero-order chi connectivity index (χ0) is 104. The van der Waals surface area contributed by atoms with Gasteiger partial charge in [0.25, 0.3) is 0 Å². The van der Waals surface area contributed by atoms with E-state index >= 15 is 52.7 Å². The Labute approximate surface area is 846 Å². The van der Waals surface area contributed by atoms with Crippen molar-refractivity contribution in [2.24, 2.45) is 41.1 Å². The van der Waals surface area contributed by atoms with E-state index in [1.54, 1.807) is 99.7 Å². The van der Waals surface area contributed by atoms with Crippen molar-refractivity contribution in [3.8, 4) is 0 Å². The molecule has 2 aromatic rings. The van der Waals surface area contributed by atoms with Crippen LogP contribution in [0.4, 0.5) is 0 Å². The number of unbranched alkanes of at least 4 members (excludes halogenated alkanes) is 4. The molecule has 4 bridgehead atoms. The Hall–Kier alpha value is -9.16. The standard InChI is InChI=1S/C88H140N22O22S8/c1-15-45(10)68-85(129)97-54(25-26-65(114)115)77(121)102-60-39-136-139-48(13)70(110-82(126)61-37-134-133-36-52(90)73(117)100-58(35-111)74(118)93-33-63(112)96-57(80(124)107-67(44(8)9)83(127)103-61)31-50-32-92-53-24-20-19-23-51(50)53)87(131)99-56(30-42(4)5)79(123)109-71(88(132)108-68)49(14)140-137-40-62-81(125)95-46(11)72(116)101-59(75(119)91-28-22-18-16-17-21-27-89)38-135-138-47(12)69(105-64(113)34-94-76(60)120)86(130)98-55(29-41(2)3)78(122)106-66(43(6)7)84(128)104-62/h19-20,23-24,32,41-49,52,54-62,66-71,92,111H,15-18,21-22,25-31,33-40,89-90H2,1-14H3,(H,91,119)(H,93,118)(H,94,120)(H,95,125)(H,96,112)(H,97,129)(H,98,130)(H,99,131)(H,100,117)(H,101,116)(H,102,121)(H,103,127)(H,104,128)(H,105,113)(H,106,122)(H,107,124)(H,108,132)(H,109,123)(H,110,126)(H,114,115)/t45-,46-,47-,48-,49-,52-,54-,55-,56-,57-,58-,59-,60-,61-,62-,66-,67-,68-,69-,70+,71+/m0/s1. The summed E-state index contributed by atoms with van der Waals surface area (Å²) in [7, 11) is 7.11. The van der Waals surface area contributed by atoms with Crippen LogP contribution in [0.15, 0.2) is 30.5 Å². The molecule has 0 radical (unpaired) electrons. The highest BCUT2D eigenvalue weighted by atomic mass is 33.1. The fourth-order valence-corrected chi connectivity index (χ4v) is 24.7. The Kier molecular flexibility index (Phi) is 51.6. The molecule has 0 saturated carbocycles. The molecule has 782 valence electrons. The molecule has 52 heteroatoms. The van der Waals surface area contributed by atoms with Gasteiger partial charge in [0.15, 0.2) is 0 Å². The fraction of sp³-hybridized carbons (Fsp3) is 0.682. The lowest BCUT2D eigenvalue weighted by Gasteiger charge is -2.32. The maximum Gasteiger partial charge on any atom is 0.303 e. The number of aliphatic hydroxyl groups excluding tert-OH is 1. The Morgan fingerprint density at radius 3 is 1.54 bits per heavy atom. The van der Waals surface area contributed by atoms with Crippen LogP contribution < -0.4 is 112 Å². The molecule has 44 nitrogen and oxygen atoms in total. The number of nitrogens with one attached hydrogen (secondary N) is 20. The van der Waals surface area contributed by atoms with E-state index in [0.29, 0.717) is 29.4 Å². The van der Waals surface area contributed by atoms with E-state index in [2.05, 4.69) is 106 Å². The lowest BCUT2D eigenvalue weighted by atomic mass is 9.96. The van der Waals surface area contributed by atoms with E-state index in [4.69, 9.17) is 11.5 Å². The molecule has 4 fully saturated rings. The van der Waals surface area contributed by atoms with E-state index in [-0.39, 0.29) is 49.7 Å². The number of rotatable bonds is 24. The quantitative estimate of drug-likeness (QED) is 0.0311. The number of nitrogens with two attached hydrogens (primary N) is 2. The highest BCUT2D eigenvalue weighted by Gasteiger charge is 2.44. The van der Waals surface area contributed by atoms with Crippen molar-refractivity contribution in [1.82, 2.24) is 106 Å². The molecule has 4 aliphatic heterocycles. The molecule has 26 N–H and O–H groups in total. The number of carboxylic acid groups (broad SMARTS) is 1. The van der Waals surface area contributed by atoms with Gasteiger partial charge in [-0.3, -0.25) is 95.9 Å². The lowest BCUT2D eigenvalue weighted by molar-refractivity contribution is -0.139. The van der Waals surface area contributed by atoms with Crippen molar-refractivity contribution in [3.05, 3.63) is 36.0 Å². The van der Waals surface area contributed by atoms with Gasteiger partial charge in [-0.2, -0.15) is 0 Å². The molecule has 21 atom stereocenters. The summed E-state index contributed by atoms with van der Waals surface area (Å²) in [4.78, 5) is 299. The summed E-state index contributed by atoms with van der Waals surface area (Å²) in [6, 6.07) is -20.3. The minimum Gasteiger partial charge on any atom is -0.481 e. The third-order valence-electron chi connectivity index (χ3n) is 23.1. The number of aromatic nitrogens is 1. The van der Waals surface area contributed by atoms with E-state index < -0.39 is 310 Å². The summed E-state index contributed by atoms with van der Waals surface area (Å²) < 4.78 is 0. The average molecular weight is 2110 g/mol. The smallest absolute Gasteiger partial charge is 0.303 e. The maximum absolute atomic E-state index is 15.9. The molecule has 4 saturated heterocycles. The number of carboxylic acids is 1. The van der Waals surface area contributed by atoms with E-state index in [0.717, 1.165) is 112 Å².